The second-order valence-corrected chi connectivity index (χ2v) is 17.2. The number of carbonyl (C=O) groups excluding carboxylic acids is 4. The van der Waals surface area contributed by atoms with E-state index in [9.17, 15) is 19.2 Å². The van der Waals surface area contributed by atoms with E-state index in [0.29, 0.717) is 24.9 Å². The Morgan fingerprint density at radius 1 is 0.678 bits per heavy atom. The van der Waals surface area contributed by atoms with Gasteiger partial charge in [0.1, 0.15) is 23.7 Å². The van der Waals surface area contributed by atoms with Gasteiger partial charge in [-0.3, -0.25) is 9.59 Å². The predicted octanol–water partition coefficient (Wildman–Crippen LogP) is 7.27. The lowest BCUT2D eigenvalue weighted by atomic mass is 9.73. The normalized spacial score (nSPS) is 21.8. The van der Waals surface area contributed by atoms with Gasteiger partial charge < -0.3 is 39.9 Å². The molecule has 4 amide bonds. The molecule has 0 radical (unpaired) electrons. The SMILES string of the molecule is COC(=O)N[C@H](C(=O)N1CCC[C@H]1c1ncc(-c2ccc(-c3ccc(-c4cnc([C@@H]5CCCN5C(=O)[C@@H](NC(=O)OC)C(C)C)[nH]4)c4c3C3CCC3C4)cc2)[nH]1)C(C)C. The first-order valence-electron chi connectivity index (χ1n) is 21.1. The topological polar surface area (TPSA) is 175 Å². The number of likely N-dealkylation sites (tertiary alicyclic amines) is 2. The van der Waals surface area contributed by atoms with E-state index in [2.05, 4.69) is 57.0 Å². The number of aromatic nitrogens is 4. The van der Waals surface area contributed by atoms with Gasteiger partial charge in [0.25, 0.3) is 0 Å². The minimum atomic E-state index is -0.685. The van der Waals surface area contributed by atoms with Crippen LogP contribution in [-0.4, -0.2) is 93.1 Å². The van der Waals surface area contributed by atoms with Crippen molar-refractivity contribution in [2.75, 3.05) is 27.3 Å². The number of ether oxygens (including phenoxy) is 2. The number of hydrogen-bond acceptors (Lipinski definition) is 8. The molecule has 4 N–H and O–H groups in total. The molecule has 14 nitrogen and oxygen atoms in total. The Bertz CT molecular complexity index is 2210. The molecule has 14 heteroatoms. The Kier molecular flexibility index (Phi) is 11.2. The van der Waals surface area contributed by atoms with E-state index in [1.165, 1.54) is 54.9 Å². The van der Waals surface area contributed by atoms with Gasteiger partial charge in [-0.25, -0.2) is 19.6 Å². The van der Waals surface area contributed by atoms with E-state index >= 15 is 0 Å². The van der Waals surface area contributed by atoms with E-state index in [4.69, 9.17) is 19.4 Å². The van der Waals surface area contributed by atoms with Gasteiger partial charge in [-0.1, -0.05) is 64.1 Å². The number of benzene rings is 2. The summed E-state index contributed by atoms with van der Waals surface area (Å²) in [5, 5.41) is 5.45. The number of fused-ring (bicyclic) bond motifs is 3. The summed E-state index contributed by atoms with van der Waals surface area (Å²) in [6.45, 7) is 8.87. The predicted molar refractivity (Wildman–Crippen MR) is 222 cm³/mol. The average molecular weight is 805 g/mol. The zero-order chi connectivity index (χ0) is 41.5. The maximum atomic E-state index is 13.8. The molecule has 8 rings (SSSR count). The Labute approximate surface area is 345 Å². The van der Waals surface area contributed by atoms with Crippen LogP contribution in [0.3, 0.4) is 0 Å². The molecule has 6 atom stereocenters. The summed E-state index contributed by atoms with van der Waals surface area (Å²) < 4.78 is 9.59. The highest BCUT2D eigenvalue weighted by Gasteiger charge is 2.43. The number of nitrogens with one attached hydrogen (secondary N) is 4. The fraction of sp³-hybridized carbons (Fsp3) is 0.511. The molecular formula is C45H56N8O6. The number of hydrogen-bond donors (Lipinski definition) is 4. The fourth-order valence-electron chi connectivity index (χ4n) is 9.78. The lowest BCUT2D eigenvalue weighted by Gasteiger charge is -2.31. The summed E-state index contributed by atoms with van der Waals surface area (Å²) in [6.07, 6.45) is 9.27. The number of H-pyrrole nitrogens is 2. The lowest BCUT2D eigenvalue weighted by Crippen LogP contribution is -2.51. The van der Waals surface area contributed by atoms with Crippen molar-refractivity contribution in [3.63, 3.8) is 0 Å². The number of alkyl carbamates (subject to hydrolysis) is 2. The smallest absolute Gasteiger partial charge is 0.407 e. The van der Waals surface area contributed by atoms with Crippen LogP contribution in [0.5, 0.6) is 0 Å². The van der Waals surface area contributed by atoms with Crippen LogP contribution < -0.4 is 10.6 Å². The molecule has 0 spiro atoms. The van der Waals surface area contributed by atoms with Crippen molar-refractivity contribution in [2.24, 2.45) is 17.8 Å². The van der Waals surface area contributed by atoms with E-state index in [1.54, 1.807) is 0 Å². The summed E-state index contributed by atoms with van der Waals surface area (Å²) >= 11 is 0. The molecule has 1 saturated carbocycles. The van der Waals surface area contributed by atoms with Crippen molar-refractivity contribution < 1.29 is 28.7 Å². The van der Waals surface area contributed by atoms with Crippen LogP contribution in [0.2, 0.25) is 0 Å². The zero-order valence-electron chi connectivity index (χ0n) is 34.8. The maximum Gasteiger partial charge on any atom is 0.407 e. The number of aromatic amines is 2. The second kappa shape index (κ2) is 16.5. The van der Waals surface area contributed by atoms with E-state index in [1.807, 2.05) is 49.9 Å². The molecule has 3 fully saturated rings. The summed E-state index contributed by atoms with van der Waals surface area (Å²) in [5.41, 5.74) is 9.27. The molecule has 2 aromatic heterocycles. The standard InChI is InChI=1S/C45H56N8O6/c1-24(2)38(50-44(56)58-5)42(54)52-19-7-9-35(52)40-46-22-33(48-40)27-13-11-26(12-14-27)29-17-18-31(32-21-28-15-16-30(28)37(29)32)34-23-47-41(49-34)36-10-8-20-53(36)43(55)39(25(3)4)51-45(57)59-6/h11-14,17-18,22-25,28,30,35-36,38-39H,7-10,15-16,19-21H2,1-6H3,(H,46,48)(H,47,49)(H,50,56)(H,51,57)/t28?,30?,35-,36-,38-,39-/m0/s1. The molecule has 2 saturated heterocycles. The molecule has 312 valence electrons. The first-order chi connectivity index (χ1) is 28.5. The van der Waals surface area contributed by atoms with Crippen LogP contribution in [0, 0.1) is 17.8 Å². The van der Waals surface area contributed by atoms with Gasteiger partial charge in [0, 0.05) is 18.7 Å². The third-order valence-electron chi connectivity index (χ3n) is 13.1. The zero-order valence-corrected chi connectivity index (χ0v) is 34.8. The summed E-state index contributed by atoms with van der Waals surface area (Å²) in [4.78, 5) is 71.9. The molecule has 4 aliphatic rings. The van der Waals surface area contributed by atoms with Crippen LogP contribution in [-0.2, 0) is 25.5 Å². The molecule has 2 aromatic carbocycles. The third kappa shape index (κ3) is 7.57. The van der Waals surface area contributed by atoms with Gasteiger partial charge in [0.2, 0.25) is 11.8 Å². The molecule has 4 heterocycles. The molecule has 2 aliphatic heterocycles. The Balaban J connectivity index is 1.01. The minimum absolute atomic E-state index is 0.101. The molecule has 0 bridgehead atoms. The number of methoxy groups -OCH3 is 2. The summed E-state index contributed by atoms with van der Waals surface area (Å²) in [6, 6.07) is 11.3. The monoisotopic (exact) mass is 804 g/mol. The molecular weight excluding hydrogens is 749 g/mol. The molecule has 2 unspecified atom stereocenters. The Morgan fingerprint density at radius 2 is 1.19 bits per heavy atom. The van der Waals surface area contributed by atoms with Crippen LogP contribution in [0.1, 0.15) is 107 Å². The highest BCUT2D eigenvalue weighted by molar-refractivity contribution is 5.87. The lowest BCUT2D eigenvalue weighted by molar-refractivity contribution is -0.136. The molecule has 2 aliphatic carbocycles. The van der Waals surface area contributed by atoms with Crippen LogP contribution in [0.25, 0.3) is 33.6 Å². The van der Waals surface area contributed by atoms with Gasteiger partial charge >= 0.3 is 12.2 Å². The van der Waals surface area contributed by atoms with Crippen molar-refractivity contribution in [2.45, 2.75) is 103 Å². The molecule has 4 aromatic rings. The second-order valence-electron chi connectivity index (χ2n) is 17.2. The molecule has 59 heavy (non-hydrogen) atoms. The van der Waals surface area contributed by atoms with Gasteiger partial charge in [0.15, 0.2) is 0 Å². The number of carbonyl (C=O) groups is 4. The van der Waals surface area contributed by atoms with Crippen molar-refractivity contribution in [3.8, 4) is 33.6 Å². The van der Waals surface area contributed by atoms with Gasteiger partial charge in [-0.15, -0.1) is 0 Å². The Morgan fingerprint density at radius 3 is 1.69 bits per heavy atom. The average Bonchev–Trinajstić information content (AvgIpc) is 4.08. The number of rotatable bonds is 11. The third-order valence-corrected chi connectivity index (χ3v) is 13.1. The van der Waals surface area contributed by atoms with Crippen LogP contribution in [0.15, 0.2) is 48.8 Å². The van der Waals surface area contributed by atoms with Gasteiger partial charge in [0.05, 0.1) is 50.1 Å². The number of nitrogens with zero attached hydrogens (tertiary/aromatic N) is 4. The summed E-state index contributed by atoms with van der Waals surface area (Å²) in [7, 11) is 2.60. The van der Waals surface area contributed by atoms with Crippen LogP contribution in [0.4, 0.5) is 9.59 Å². The van der Waals surface area contributed by atoms with Crippen molar-refractivity contribution in [1.29, 1.82) is 0 Å². The quantitative estimate of drug-likeness (QED) is 0.122. The van der Waals surface area contributed by atoms with Crippen molar-refractivity contribution in [3.05, 3.63) is 71.6 Å². The largest absolute Gasteiger partial charge is 0.453 e. The highest BCUT2D eigenvalue weighted by Crippen LogP contribution is 2.56. The minimum Gasteiger partial charge on any atom is -0.453 e. The summed E-state index contributed by atoms with van der Waals surface area (Å²) in [5.74, 6) is 2.23. The fourth-order valence-corrected chi connectivity index (χ4v) is 9.78. The van der Waals surface area contributed by atoms with Crippen LogP contribution >= 0.6 is 0 Å². The Hall–Kier alpha value is -5.66. The highest BCUT2D eigenvalue weighted by atomic mass is 16.5. The van der Waals surface area contributed by atoms with Gasteiger partial charge in [-0.2, -0.15) is 0 Å². The maximum absolute atomic E-state index is 13.8. The van der Waals surface area contributed by atoms with E-state index < -0.39 is 24.3 Å². The van der Waals surface area contributed by atoms with Gasteiger partial charge in [-0.05, 0) is 96.4 Å². The van der Waals surface area contributed by atoms with E-state index in [-0.39, 0.29) is 35.7 Å². The first-order valence-corrected chi connectivity index (χ1v) is 21.1. The van der Waals surface area contributed by atoms with E-state index in [0.717, 1.165) is 60.7 Å². The first kappa shape index (κ1) is 40.1. The number of amides is 4. The van der Waals surface area contributed by atoms with Crippen molar-refractivity contribution in [1.82, 2.24) is 40.4 Å². The van der Waals surface area contributed by atoms with Crippen molar-refractivity contribution >= 4 is 24.0 Å². The number of imidazole rings is 2.